The first-order chi connectivity index (χ1) is 8.74. The number of rotatable bonds is 2. The van der Waals surface area contributed by atoms with Crippen LogP contribution in [0.4, 0.5) is 0 Å². The summed E-state index contributed by atoms with van der Waals surface area (Å²) in [5, 5.41) is 4.77. The molecule has 1 aromatic rings. The van der Waals surface area contributed by atoms with Gasteiger partial charge in [-0.2, -0.15) is 5.10 Å². The van der Waals surface area contributed by atoms with Gasteiger partial charge < -0.3 is 0 Å². The molecule has 1 amide bonds. The summed E-state index contributed by atoms with van der Waals surface area (Å²) >= 11 is 5.84. The van der Waals surface area contributed by atoms with Crippen LogP contribution in [0.2, 0.25) is 5.02 Å². The smallest absolute Gasteiger partial charge is 0.267 e. The molecule has 1 saturated carbocycles. The van der Waals surface area contributed by atoms with Gasteiger partial charge in [0.1, 0.15) is 0 Å². The monoisotopic (exact) mass is 260 g/mol. The van der Waals surface area contributed by atoms with Crippen molar-refractivity contribution in [2.45, 2.75) is 12.8 Å². The lowest BCUT2D eigenvalue weighted by Crippen LogP contribution is -2.35. The molecule has 0 bridgehead atoms. The first-order valence-electron chi connectivity index (χ1n) is 6.03. The number of hydrogen-bond acceptors (Lipinski definition) is 2. The van der Waals surface area contributed by atoms with Gasteiger partial charge in [0.05, 0.1) is 0 Å². The van der Waals surface area contributed by atoms with Gasteiger partial charge in [-0.1, -0.05) is 29.8 Å². The number of nitrogens with zero attached hydrogens (tertiary/aromatic N) is 1. The Morgan fingerprint density at radius 1 is 1.44 bits per heavy atom. The molecule has 2 atom stereocenters. The number of halogens is 1. The largest absolute Gasteiger partial charge is 0.271 e. The Bertz CT molecular complexity index is 550. The highest BCUT2D eigenvalue weighted by Gasteiger charge is 2.37. The van der Waals surface area contributed by atoms with Crippen LogP contribution in [0.1, 0.15) is 23.2 Å². The number of carbonyl (C=O) groups excluding carboxylic acids is 1. The number of hydrazone groups is 1. The predicted molar refractivity (Wildman–Crippen MR) is 71.7 cm³/mol. The van der Waals surface area contributed by atoms with Crippen LogP contribution in [-0.2, 0) is 0 Å². The summed E-state index contributed by atoms with van der Waals surface area (Å²) < 4.78 is 0. The average molecular weight is 261 g/mol. The number of amides is 1. The Morgan fingerprint density at radius 3 is 3.11 bits per heavy atom. The van der Waals surface area contributed by atoms with Crippen LogP contribution in [0.3, 0.4) is 0 Å². The average Bonchev–Trinajstić information content (AvgIpc) is 2.71. The Hall–Kier alpha value is -1.61. The molecule has 18 heavy (non-hydrogen) atoms. The van der Waals surface area contributed by atoms with Crippen molar-refractivity contribution < 1.29 is 4.79 Å². The minimum atomic E-state index is -0.209. The van der Waals surface area contributed by atoms with Crippen molar-refractivity contribution >= 4 is 23.2 Å². The summed E-state index contributed by atoms with van der Waals surface area (Å²) in [6, 6.07) is 6.86. The molecular weight excluding hydrogens is 248 g/mol. The van der Waals surface area contributed by atoms with Crippen molar-refractivity contribution in [3.05, 3.63) is 47.0 Å². The van der Waals surface area contributed by atoms with Crippen LogP contribution >= 0.6 is 11.6 Å². The first kappa shape index (κ1) is 11.5. The second kappa shape index (κ2) is 4.58. The molecule has 1 N–H and O–H groups in total. The maximum Gasteiger partial charge on any atom is 0.271 e. The summed E-state index contributed by atoms with van der Waals surface area (Å²) in [6.07, 6.45) is 6.45. The van der Waals surface area contributed by atoms with Crippen molar-refractivity contribution in [1.82, 2.24) is 5.43 Å². The lowest BCUT2D eigenvalue weighted by atomic mass is 9.74. The van der Waals surface area contributed by atoms with Crippen molar-refractivity contribution in [1.29, 1.82) is 0 Å². The van der Waals surface area contributed by atoms with Crippen LogP contribution in [0.15, 0.2) is 41.5 Å². The molecule has 0 aromatic heterocycles. The maximum atomic E-state index is 11.8. The van der Waals surface area contributed by atoms with Gasteiger partial charge in [-0.3, -0.25) is 4.79 Å². The Kier molecular flexibility index (Phi) is 2.92. The summed E-state index contributed by atoms with van der Waals surface area (Å²) in [7, 11) is 0. The fourth-order valence-corrected chi connectivity index (χ4v) is 2.67. The topological polar surface area (TPSA) is 41.5 Å². The van der Waals surface area contributed by atoms with Crippen molar-refractivity contribution in [3.8, 4) is 0 Å². The zero-order valence-corrected chi connectivity index (χ0v) is 10.5. The molecule has 0 spiro atoms. The third-order valence-corrected chi connectivity index (χ3v) is 3.79. The van der Waals surface area contributed by atoms with E-state index in [0.29, 0.717) is 22.4 Å². The molecule has 0 saturated heterocycles. The third kappa shape index (κ3) is 2.06. The Morgan fingerprint density at radius 2 is 2.33 bits per heavy atom. The molecule has 1 fully saturated rings. The lowest BCUT2D eigenvalue weighted by Gasteiger charge is -2.31. The quantitative estimate of drug-likeness (QED) is 0.645. The van der Waals surface area contributed by atoms with Gasteiger partial charge in [-0.05, 0) is 37.0 Å². The molecule has 0 radical (unpaired) electrons. The molecule has 1 aromatic carbocycles. The molecule has 0 aliphatic heterocycles. The number of hydrogen-bond donors (Lipinski definition) is 1. The zero-order chi connectivity index (χ0) is 12.5. The minimum absolute atomic E-state index is 0.209. The van der Waals surface area contributed by atoms with Gasteiger partial charge in [-0.25, -0.2) is 5.43 Å². The van der Waals surface area contributed by atoms with E-state index < -0.39 is 0 Å². The normalized spacial score (nSPS) is 26.8. The van der Waals surface area contributed by atoms with Gasteiger partial charge in [0.25, 0.3) is 5.91 Å². The zero-order valence-electron chi connectivity index (χ0n) is 9.77. The first-order valence-corrected chi connectivity index (χ1v) is 6.41. The SMILES string of the molecule is O=C(N/N=C1/C[C@@H]2C=CC[C@H]12)c1cccc(Cl)c1. The van der Waals surface area contributed by atoms with Gasteiger partial charge in [0.2, 0.25) is 0 Å². The van der Waals surface area contributed by atoms with Gasteiger partial charge in [0, 0.05) is 22.2 Å². The van der Waals surface area contributed by atoms with Gasteiger partial charge in [-0.15, -0.1) is 0 Å². The van der Waals surface area contributed by atoms with E-state index >= 15 is 0 Å². The maximum absolute atomic E-state index is 11.8. The van der Waals surface area contributed by atoms with Gasteiger partial charge in [0.15, 0.2) is 0 Å². The van der Waals surface area contributed by atoms with E-state index in [-0.39, 0.29) is 5.91 Å². The molecule has 92 valence electrons. The molecule has 0 unspecified atom stereocenters. The molecule has 0 heterocycles. The van der Waals surface area contributed by atoms with Crippen LogP contribution < -0.4 is 5.43 Å². The predicted octanol–water partition coefficient (Wildman–Crippen LogP) is 3.02. The summed E-state index contributed by atoms with van der Waals surface area (Å²) in [5.41, 5.74) is 4.24. The van der Waals surface area contributed by atoms with Crippen LogP contribution in [0.25, 0.3) is 0 Å². The number of benzene rings is 1. The summed E-state index contributed by atoms with van der Waals surface area (Å²) in [6.45, 7) is 0. The second-order valence-corrected chi connectivity index (χ2v) is 5.13. The lowest BCUT2D eigenvalue weighted by molar-refractivity contribution is 0.0954. The van der Waals surface area contributed by atoms with E-state index in [1.165, 1.54) is 0 Å². The number of carbonyl (C=O) groups is 1. The van der Waals surface area contributed by atoms with E-state index in [1.807, 2.05) is 0 Å². The Labute approximate surface area is 111 Å². The van der Waals surface area contributed by atoms with E-state index in [2.05, 4.69) is 22.7 Å². The summed E-state index contributed by atoms with van der Waals surface area (Å²) in [5.74, 6) is 0.955. The Balaban J connectivity index is 1.64. The van der Waals surface area contributed by atoms with E-state index in [1.54, 1.807) is 24.3 Å². The molecular formula is C14H13ClN2O. The fourth-order valence-electron chi connectivity index (χ4n) is 2.48. The molecule has 3 rings (SSSR count). The summed E-state index contributed by atoms with van der Waals surface area (Å²) in [4.78, 5) is 11.8. The highest BCUT2D eigenvalue weighted by atomic mass is 35.5. The van der Waals surface area contributed by atoms with Gasteiger partial charge >= 0.3 is 0 Å². The second-order valence-electron chi connectivity index (χ2n) is 4.69. The molecule has 2 aliphatic rings. The fraction of sp³-hybridized carbons (Fsp3) is 0.286. The number of fused-ring (bicyclic) bond motifs is 1. The molecule has 3 nitrogen and oxygen atoms in total. The van der Waals surface area contributed by atoms with Crippen LogP contribution in [0, 0.1) is 11.8 Å². The van der Waals surface area contributed by atoms with E-state index in [4.69, 9.17) is 11.6 Å². The van der Waals surface area contributed by atoms with Crippen LogP contribution in [-0.4, -0.2) is 11.6 Å². The highest BCUT2D eigenvalue weighted by Crippen LogP contribution is 2.40. The van der Waals surface area contributed by atoms with Crippen molar-refractivity contribution in [2.24, 2.45) is 16.9 Å². The molecule has 2 aliphatic carbocycles. The van der Waals surface area contributed by atoms with E-state index in [0.717, 1.165) is 18.6 Å². The highest BCUT2D eigenvalue weighted by molar-refractivity contribution is 6.30. The van der Waals surface area contributed by atoms with Crippen molar-refractivity contribution in [3.63, 3.8) is 0 Å². The van der Waals surface area contributed by atoms with Crippen LogP contribution in [0.5, 0.6) is 0 Å². The number of nitrogens with one attached hydrogen (secondary N) is 1. The van der Waals surface area contributed by atoms with E-state index in [9.17, 15) is 4.79 Å². The minimum Gasteiger partial charge on any atom is -0.267 e. The number of allylic oxidation sites excluding steroid dienone is 2. The molecule has 4 heteroatoms. The standard InChI is InChI=1S/C14H13ClN2O/c15-11-5-1-4-10(7-11)14(18)17-16-13-8-9-3-2-6-12(9)13/h1-5,7,9,12H,6,8H2,(H,17,18)/b16-13-/t9-,12-/m0/s1. The third-order valence-electron chi connectivity index (χ3n) is 3.55. The van der Waals surface area contributed by atoms with Crippen molar-refractivity contribution in [2.75, 3.05) is 0 Å².